The minimum atomic E-state index is -4.77. The lowest BCUT2D eigenvalue weighted by Gasteiger charge is -2.38. The highest BCUT2D eigenvalue weighted by Gasteiger charge is 2.56. The second kappa shape index (κ2) is 8.45. The number of aromatic amines is 1. The first-order valence-corrected chi connectivity index (χ1v) is 10.9. The minimum absolute atomic E-state index is 0.365. The standard InChI is InChI=1S/C25H29F3N2O2/c1-23(2,19-7-5-8-21(15-19)30-10-12-32-13-11-30)17-24(31,25(26,27)28)16-20-14-18-6-3-4-9-22(18)29-20/h3-9,14-15,29,31H,10-13,16-17H2,1-2H3. The number of halogens is 3. The number of nitrogens with zero attached hydrogens (tertiary/aromatic N) is 1. The number of aromatic nitrogens is 1. The third-order valence-corrected chi connectivity index (χ3v) is 6.33. The SMILES string of the molecule is CC(C)(CC(O)(Cc1cc2ccccc2[nH]1)C(F)(F)F)c1cccc(N2CCOCC2)c1. The van der Waals surface area contributed by atoms with Gasteiger partial charge in [-0.3, -0.25) is 0 Å². The van der Waals surface area contributed by atoms with Gasteiger partial charge < -0.3 is 19.7 Å². The van der Waals surface area contributed by atoms with E-state index < -0.39 is 30.0 Å². The number of nitrogens with one attached hydrogen (secondary N) is 1. The minimum Gasteiger partial charge on any atom is -0.380 e. The van der Waals surface area contributed by atoms with Gasteiger partial charge in [-0.1, -0.05) is 44.2 Å². The molecule has 0 aliphatic carbocycles. The molecule has 3 aromatic rings. The predicted octanol–water partition coefficient (Wildman–Crippen LogP) is 5.21. The monoisotopic (exact) mass is 446 g/mol. The molecule has 1 aliphatic rings. The fraction of sp³-hybridized carbons (Fsp3) is 0.440. The van der Waals surface area contributed by atoms with E-state index in [-0.39, 0.29) is 0 Å². The van der Waals surface area contributed by atoms with E-state index in [9.17, 15) is 18.3 Å². The Morgan fingerprint density at radius 2 is 1.72 bits per heavy atom. The van der Waals surface area contributed by atoms with Crippen LogP contribution in [0.1, 0.15) is 31.5 Å². The lowest BCUT2D eigenvalue weighted by atomic mass is 9.73. The molecule has 0 saturated carbocycles. The van der Waals surface area contributed by atoms with Gasteiger partial charge in [0.05, 0.1) is 13.2 Å². The van der Waals surface area contributed by atoms with Crippen LogP contribution in [-0.4, -0.2) is 48.2 Å². The molecule has 1 aromatic heterocycles. The Morgan fingerprint density at radius 1 is 1.00 bits per heavy atom. The highest BCUT2D eigenvalue weighted by atomic mass is 19.4. The van der Waals surface area contributed by atoms with Gasteiger partial charge >= 0.3 is 6.18 Å². The molecule has 1 unspecified atom stereocenters. The summed E-state index contributed by atoms with van der Waals surface area (Å²) in [6.07, 6.45) is -5.76. The van der Waals surface area contributed by atoms with Crippen molar-refractivity contribution in [2.45, 2.75) is 43.9 Å². The predicted molar refractivity (Wildman–Crippen MR) is 120 cm³/mol. The van der Waals surface area contributed by atoms with Crippen molar-refractivity contribution in [1.82, 2.24) is 4.98 Å². The zero-order chi connectivity index (χ0) is 23.0. The van der Waals surface area contributed by atoms with E-state index in [0.29, 0.717) is 18.9 Å². The number of H-pyrrole nitrogens is 1. The number of rotatable bonds is 6. The topological polar surface area (TPSA) is 48.5 Å². The number of aliphatic hydroxyl groups is 1. The molecule has 0 bridgehead atoms. The van der Waals surface area contributed by atoms with Crippen LogP contribution in [0.25, 0.3) is 10.9 Å². The number of morpholine rings is 1. The maximum absolute atomic E-state index is 14.2. The van der Waals surface area contributed by atoms with E-state index in [4.69, 9.17) is 4.74 Å². The molecule has 2 heterocycles. The third kappa shape index (κ3) is 4.64. The van der Waals surface area contributed by atoms with Crippen molar-refractivity contribution in [2.24, 2.45) is 0 Å². The van der Waals surface area contributed by atoms with Crippen LogP contribution in [-0.2, 0) is 16.6 Å². The van der Waals surface area contributed by atoms with Crippen molar-refractivity contribution < 1.29 is 23.0 Å². The molecular weight excluding hydrogens is 417 g/mol. The van der Waals surface area contributed by atoms with Crippen LogP contribution in [0, 0.1) is 0 Å². The van der Waals surface area contributed by atoms with Crippen LogP contribution in [0.4, 0.5) is 18.9 Å². The fourth-order valence-corrected chi connectivity index (χ4v) is 4.59. The van der Waals surface area contributed by atoms with E-state index in [1.807, 2.05) is 48.5 Å². The fourth-order valence-electron chi connectivity index (χ4n) is 4.59. The molecule has 172 valence electrons. The summed E-state index contributed by atoms with van der Waals surface area (Å²) in [5.74, 6) is 0. The molecule has 7 heteroatoms. The van der Waals surface area contributed by atoms with E-state index in [0.717, 1.165) is 35.2 Å². The van der Waals surface area contributed by atoms with Gasteiger partial charge in [-0.05, 0) is 47.1 Å². The molecule has 4 rings (SSSR count). The number of fused-ring (bicyclic) bond motifs is 1. The highest BCUT2D eigenvalue weighted by molar-refractivity contribution is 5.80. The Morgan fingerprint density at radius 3 is 2.41 bits per heavy atom. The lowest BCUT2D eigenvalue weighted by molar-refractivity contribution is -0.266. The normalized spacial score (nSPS) is 17.5. The van der Waals surface area contributed by atoms with Gasteiger partial charge in [-0.25, -0.2) is 0 Å². The van der Waals surface area contributed by atoms with E-state index in [1.165, 1.54) is 0 Å². The first-order valence-electron chi connectivity index (χ1n) is 10.9. The van der Waals surface area contributed by atoms with Gasteiger partial charge in [0, 0.05) is 36.4 Å². The van der Waals surface area contributed by atoms with Gasteiger partial charge in [0.1, 0.15) is 0 Å². The van der Waals surface area contributed by atoms with E-state index in [1.54, 1.807) is 19.9 Å². The van der Waals surface area contributed by atoms with Crippen molar-refractivity contribution in [3.8, 4) is 0 Å². The van der Waals surface area contributed by atoms with Gasteiger partial charge in [0.15, 0.2) is 5.60 Å². The first kappa shape index (κ1) is 22.7. The molecule has 1 atom stereocenters. The zero-order valence-electron chi connectivity index (χ0n) is 18.4. The highest BCUT2D eigenvalue weighted by Crippen LogP contribution is 2.43. The Kier molecular flexibility index (Phi) is 5.98. The second-order valence-electron chi connectivity index (χ2n) is 9.30. The average molecular weight is 447 g/mol. The summed E-state index contributed by atoms with van der Waals surface area (Å²) in [6, 6.07) is 16.6. The van der Waals surface area contributed by atoms with Crippen LogP contribution in [0.15, 0.2) is 54.6 Å². The molecule has 1 aliphatic heterocycles. The van der Waals surface area contributed by atoms with Crippen LogP contribution in [0.2, 0.25) is 0 Å². The van der Waals surface area contributed by atoms with Gasteiger partial charge in [-0.2, -0.15) is 13.2 Å². The molecule has 2 aromatic carbocycles. The van der Waals surface area contributed by atoms with Crippen LogP contribution in [0.5, 0.6) is 0 Å². The smallest absolute Gasteiger partial charge is 0.380 e. The Bertz CT molecular complexity index is 1040. The molecule has 0 amide bonds. The number of anilines is 1. The summed E-state index contributed by atoms with van der Waals surface area (Å²) in [7, 11) is 0. The molecule has 0 radical (unpaired) electrons. The summed E-state index contributed by atoms with van der Waals surface area (Å²) in [4.78, 5) is 5.19. The van der Waals surface area contributed by atoms with E-state index in [2.05, 4.69) is 9.88 Å². The van der Waals surface area contributed by atoms with E-state index >= 15 is 0 Å². The Balaban J connectivity index is 1.61. The molecular formula is C25H29F3N2O2. The average Bonchev–Trinajstić information content (AvgIpc) is 3.15. The molecule has 4 nitrogen and oxygen atoms in total. The quantitative estimate of drug-likeness (QED) is 0.547. The molecule has 2 N–H and O–H groups in total. The summed E-state index contributed by atoms with van der Waals surface area (Å²) >= 11 is 0. The molecule has 32 heavy (non-hydrogen) atoms. The molecule has 1 saturated heterocycles. The van der Waals surface area contributed by atoms with Gasteiger partial charge in [0.25, 0.3) is 0 Å². The van der Waals surface area contributed by atoms with Crippen molar-refractivity contribution in [1.29, 1.82) is 0 Å². The third-order valence-electron chi connectivity index (χ3n) is 6.33. The van der Waals surface area contributed by atoms with Crippen molar-refractivity contribution in [3.63, 3.8) is 0 Å². The summed E-state index contributed by atoms with van der Waals surface area (Å²) < 4.78 is 47.9. The Labute approximate surface area is 186 Å². The van der Waals surface area contributed by atoms with Crippen LogP contribution >= 0.6 is 0 Å². The number of ether oxygens (including phenoxy) is 1. The second-order valence-corrected chi connectivity index (χ2v) is 9.30. The Hall–Kier alpha value is -2.51. The van der Waals surface area contributed by atoms with Crippen LogP contribution in [0.3, 0.4) is 0 Å². The van der Waals surface area contributed by atoms with Gasteiger partial charge in [-0.15, -0.1) is 0 Å². The maximum atomic E-state index is 14.2. The summed E-state index contributed by atoms with van der Waals surface area (Å²) in [5.41, 5.74) is -0.926. The summed E-state index contributed by atoms with van der Waals surface area (Å²) in [5, 5.41) is 11.8. The number of hydrogen-bond donors (Lipinski definition) is 2. The molecule has 0 spiro atoms. The van der Waals surface area contributed by atoms with Gasteiger partial charge in [0.2, 0.25) is 0 Å². The molecule has 1 fully saturated rings. The number of hydrogen-bond acceptors (Lipinski definition) is 3. The first-order chi connectivity index (χ1) is 15.1. The number of alkyl halides is 3. The van der Waals surface area contributed by atoms with Crippen molar-refractivity contribution in [2.75, 3.05) is 31.2 Å². The van der Waals surface area contributed by atoms with Crippen molar-refractivity contribution in [3.05, 3.63) is 65.9 Å². The largest absolute Gasteiger partial charge is 0.417 e. The van der Waals surface area contributed by atoms with Crippen molar-refractivity contribution >= 4 is 16.6 Å². The number of benzene rings is 2. The number of para-hydroxylation sites is 1. The summed E-state index contributed by atoms with van der Waals surface area (Å²) in [6.45, 7) is 6.27. The zero-order valence-corrected chi connectivity index (χ0v) is 18.4. The lowest BCUT2D eigenvalue weighted by Crippen LogP contribution is -2.50. The van der Waals surface area contributed by atoms with Crippen LogP contribution < -0.4 is 4.90 Å². The maximum Gasteiger partial charge on any atom is 0.417 e.